The van der Waals surface area contributed by atoms with Gasteiger partial charge in [-0.15, -0.1) is 10.2 Å². The molecular formula is C15H15Cl2N5O2S. The third-order valence-corrected chi connectivity index (χ3v) is 4.88. The topological polar surface area (TPSA) is 87.2 Å². The minimum absolute atomic E-state index is 0.278. The molecule has 3 amide bonds. The smallest absolute Gasteiger partial charge is 0.324 e. The lowest BCUT2D eigenvalue weighted by molar-refractivity contribution is -0.119. The van der Waals surface area contributed by atoms with Gasteiger partial charge >= 0.3 is 6.03 Å². The fraction of sp³-hybridized carbons (Fsp3) is 0.333. The normalized spacial score (nSPS) is 16.8. The van der Waals surface area contributed by atoms with E-state index >= 15 is 0 Å². The number of hydrogen-bond donors (Lipinski definition) is 2. The van der Waals surface area contributed by atoms with Crippen molar-refractivity contribution in [2.24, 2.45) is 0 Å². The molecule has 0 aliphatic carbocycles. The van der Waals surface area contributed by atoms with Gasteiger partial charge in [0, 0.05) is 22.3 Å². The van der Waals surface area contributed by atoms with E-state index in [9.17, 15) is 9.59 Å². The van der Waals surface area contributed by atoms with Crippen molar-refractivity contribution in [2.45, 2.75) is 25.8 Å². The maximum absolute atomic E-state index is 12.6. The zero-order chi connectivity index (χ0) is 18.0. The lowest BCUT2D eigenvalue weighted by Crippen LogP contribution is -2.45. The van der Waals surface area contributed by atoms with Gasteiger partial charge < -0.3 is 10.2 Å². The lowest BCUT2D eigenvalue weighted by atomic mass is 10.2. The summed E-state index contributed by atoms with van der Waals surface area (Å²) in [5, 5.41) is 15.2. The number of rotatable bonds is 3. The van der Waals surface area contributed by atoms with Gasteiger partial charge in [0.05, 0.1) is 0 Å². The van der Waals surface area contributed by atoms with Crippen molar-refractivity contribution in [3.63, 3.8) is 0 Å². The number of aryl methyl sites for hydroxylation is 1. The van der Waals surface area contributed by atoms with Crippen LogP contribution in [0.5, 0.6) is 0 Å². The molecule has 25 heavy (non-hydrogen) atoms. The number of hydrogen-bond acceptors (Lipinski definition) is 5. The number of benzene rings is 1. The number of urea groups is 1. The van der Waals surface area contributed by atoms with Crippen LogP contribution in [0.3, 0.4) is 0 Å². The van der Waals surface area contributed by atoms with Gasteiger partial charge in [-0.25, -0.2) is 4.79 Å². The highest BCUT2D eigenvalue weighted by Crippen LogP contribution is 2.25. The van der Waals surface area contributed by atoms with Crippen LogP contribution < -0.4 is 10.6 Å². The van der Waals surface area contributed by atoms with E-state index in [4.69, 9.17) is 23.2 Å². The largest absolute Gasteiger partial charge is 0.324 e. The van der Waals surface area contributed by atoms with E-state index in [2.05, 4.69) is 20.8 Å². The molecule has 10 heteroatoms. The summed E-state index contributed by atoms with van der Waals surface area (Å²) in [6, 6.07) is 3.87. The van der Waals surface area contributed by atoms with Crippen molar-refractivity contribution in [2.75, 3.05) is 17.2 Å². The average molecular weight is 400 g/mol. The predicted octanol–water partition coefficient (Wildman–Crippen LogP) is 3.79. The van der Waals surface area contributed by atoms with Gasteiger partial charge in [-0.2, -0.15) is 0 Å². The summed E-state index contributed by atoms with van der Waals surface area (Å²) >= 11 is 13.2. The zero-order valence-corrected chi connectivity index (χ0v) is 15.6. The molecule has 0 saturated carbocycles. The van der Waals surface area contributed by atoms with Crippen molar-refractivity contribution < 1.29 is 9.59 Å². The number of anilines is 2. The molecule has 2 N–H and O–H groups in total. The monoisotopic (exact) mass is 399 g/mol. The molecule has 0 radical (unpaired) electrons. The fourth-order valence-corrected chi connectivity index (χ4v) is 3.75. The molecule has 1 aromatic heterocycles. The van der Waals surface area contributed by atoms with Crippen LogP contribution in [0.2, 0.25) is 10.0 Å². The van der Waals surface area contributed by atoms with E-state index in [0.717, 1.165) is 11.4 Å². The second-order valence-electron chi connectivity index (χ2n) is 5.56. The number of carbonyl (C=O) groups is 2. The third-order valence-electron chi connectivity index (χ3n) is 3.69. The van der Waals surface area contributed by atoms with E-state index in [1.54, 1.807) is 25.1 Å². The first-order valence-electron chi connectivity index (χ1n) is 7.57. The first-order chi connectivity index (χ1) is 11.9. The van der Waals surface area contributed by atoms with Gasteiger partial charge in [-0.3, -0.25) is 10.1 Å². The summed E-state index contributed by atoms with van der Waals surface area (Å²) in [5.74, 6) is -0.278. The van der Waals surface area contributed by atoms with Crippen molar-refractivity contribution in [3.8, 4) is 0 Å². The molecule has 3 rings (SSSR count). The average Bonchev–Trinajstić information content (AvgIpc) is 3.15. The zero-order valence-electron chi connectivity index (χ0n) is 13.3. The second kappa shape index (κ2) is 7.55. The predicted molar refractivity (Wildman–Crippen MR) is 98.5 cm³/mol. The molecular weight excluding hydrogens is 385 g/mol. The quantitative estimate of drug-likeness (QED) is 0.821. The Kier molecular flexibility index (Phi) is 5.41. The highest BCUT2D eigenvalue weighted by molar-refractivity contribution is 7.15. The van der Waals surface area contributed by atoms with Crippen molar-refractivity contribution in [1.82, 2.24) is 15.1 Å². The minimum atomic E-state index is -0.563. The van der Waals surface area contributed by atoms with Gasteiger partial charge in [0.25, 0.3) is 0 Å². The first kappa shape index (κ1) is 17.9. The number of carbonyl (C=O) groups excluding carboxylic acids is 2. The summed E-state index contributed by atoms with van der Waals surface area (Å²) in [5.41, 5.74) is 0.495. The molecule has 132 valence electrons. The van der Waals surface area contributed by atoms with E-state index in [0.29, 0.717) is 33.8 Å². The molecule has 1 unspecified atom stereocenters. The van der Waals surface area contributed by atoms with E-state index in [1.165, 1.54) is 16.2 Å². The van der Waals surface area contributed by atoms with Gasteiger partial charge in [-0.05, 0) is 38.0 Å². The summed E-state index contributed by atoms with van der Waals surface area (Å²) in [6.07, 6.45) is 1.33. The molecule has 1 aromatic carbocycles. The molecule has 1 aliphatic heterocycles. The Bertz CT molecular complexity index is 793. The maximum Gasteiger partial charge on any atom is 0.324 e. The number of nitrogens with zero attached hydrogens (tertiary/aromatic N) is 3. The fourth-order valence-electron chi connectivity index (χ4n) is 2.64. The van der Waals surface area contributed by atoms with Crippen molar-refractivity contribution >= 4 is 57.3 Å². The van der Waals surface area contributed by atoms with Crippen LogP contribution in [-0.4, -0.2) is 39.6 Å². The first-order valence-corrected chi connectivity index (χ1v) is 9.14. The van der Waals surface area contributed by atoms with Crippen LogP contribution in [0.1, 0.15) is 17.8 Å². The summed E-state index contributed by atoms with van der Waals surface area (Å²) in [7, 11) is 0. The van der Waals surface area contributed by atoms with E-state index in [1.807, 2.05) is 0 Å². The number of amides is 3. The lowest BCUT2D eigenvalue weighted by Gasteiger charge is -2.23. The number of likely N-dealkylation sites (tertiary alicyclic amines) is 1. The van der Waals surface area contributed by atoms with Crippen LogP contribution in [-0.2, 0) is 4.79 Å². The number of halogens is 2. The van der Waals surface area contributed by atoms with Gasteiger partial charge in [0.2, 0.25) is 11.0 Å². The molecule has 1 atom stereocenters. The highest BCUT2D eigenvalue weighted by atomic mass is 35.5. The molecule has 0 bridgehead atoms. The summed E-state index contributed by atoms with van der Waals surface area (Å²) in [4.78, 5) is 26.5. The molecule has 1 fully saturated rings. The van der Waals surface area contributed by atoms with Gasteiger partial charge in [0.15, 0.2) is 0 Å². The van der Waals surface area contributed by atoms with Gasteiger partial charge in [0.1, 0.15) is 11.0 Å². The van der Waals surface area contributed by atoms with Crippen LogP contribution in [0.15, 0.2) is 18.2 Å². The Morgan fingerprint density at radius 1 is 1.20 bits per heavy atom. The Hall–Kier alpha value is -1.90. The van der Waals surface area contributed by atoms with Gasteiger partial charge in [-0.1, -0.05) is 34.5 Å². The maximum atomic E-state index is 12.6. The minimum Gasteiger partial charge on any atom is -0.324 e. The third kappa shape index (κ3) is 4.39. The summed E-state index contributed by atoms with van der Waals surface area (Å²) < 4.78 is 0. The Morgan fingerprint density at radius 3 is 2.56 bits per heavy atom. The summed E-state index contributed by atoms with van der Waals surface area (Å²) in [6.45, 7) is 2.30. The Balaban J connectivity index is 1.67. The van der Waals surface area contributed by atoms with Crippen LogP contribution in [0.25, 0.3) is 0 Å². The molecule has 2 aromatic rings. The van der Waals surface area contributed by atoms with Crippen molar-refractivity contribution in [3.05, 3.63) is 33.3 Å². The molecule has 2 heterocycles. The number of nitrogens with one attached hydrogen (secondary N) is 2. The molecule has 7 nitrogen and oxygen atoms in total. The second-order valence-corrected chi connectivity index (χ2v) is 7.61. The van der Waals surface area contributed by atoms with E-state index < -0.39 is 6.04 Å². The standard InChI is InChI=1S/C15H15Cl2N5O2S/c1-8-20-21-14(25-8)19-15(24)22-4-2-3-12(22)13(23)18-11-6-9(16)5-10(17)7-11/h5-7,12H,2-4H2,1H3,(H,18,23)(H,19,21,24). The van der Waals surface area contributed by atoms with E-state index in [-0.39, 0.29) is 11.9 Å². The molecule has 0 spiro atoms. The van der Waals surface area contributed by atoms with Crippen molar-refractivity contribution in [1.29, 1.82) is 0 Å². The Morgan fingerprint density at radius 2 is 1.92 bits per heavy atom. The highest BCUT2D eigenvalue weighted by Gasteiger charge is 2.34. The molecule has 1 saturated heterocycles. The van der Waals surface area contributed by atoms with Crippen LogP contribution in [0, 0.1) is 6.92 Å². The Labute approximate surface area is 158 Å². The SMILES string of the molecule is Cc1nnc(NC(=O)N2CCCC2C(=O)Nc2cc(Cl)cc(Cl)c2)s1. The number of aromatic nitrogens is 2. The van der Waals surface area contributed by atoms with Crippen LogP contribution >= 0.6 is 34.5 Å². The van der Waals surface area contributed by atoms with Crippen LogP contribution in [0.4, 0.5) is 15.6 Å². The molecule has 1 aliphatic rings.